The molecule has 1 N–H and O–H groups in total. The summed E-state index contributed by atoms with van der Waals surface area (Å²) in [6, 6.07) is 28.8. The van der Waals surface area contributed by atoms with Gasteiger partial charge in [0, 0.05) is 17.2 Å². The highest BCUT2D eigenvalue weighted by Gasteiger charge is 2.33. The molecule has 22 heteroatoms. The van der Waals surface area contributed by atoms with Crippen LogP contribution in [0, 0.1) is 10.1 Å². The lowest BCUT2D eigenvalue weighted by Crippen LogP contribution is -2.26. The molecule has 0 amide bonds. The van der Waals surface area contributed by atoms with Gasteiger partial charge in [-0.05, 0) is 184 Å². The Kier molecular flexibility index (Phi) is 50.5. The quantitative estimate of drug-likeness (QED) is 0.0125. The van der Waals surface area contributed by atoms with E-state index >= 15 is 0 Å². The summed E-state index contributed by atoms with van der Waals surface area (Å²) in [6.07, 6.45) is 40.2. The summed E-state index contributed by atoms with van der Waals surface area (Å²) in [6.45, 7) is 36.8. The van der Waals surface area contributed by atoms with Crippen molar-refractivity contribution in [1.82, 2.24) is 0 Å². The van der Waals surface area contributed by atoms with Gasteiger partial charge in [0.25, 0.3) is 36.0 Å². The highest BCUT2D eigenvalue weighted by atomic mass is 32.2. The van der Waals surface area contributed by atoms with Crippen LogP contribution in [0.15, 0.2) is 123 Å². The van der Waals surface area contributed by atoms with E-state index in [-0.39, 0.29) is 50.9 Å². The van der Waals surface area contributed by atoms with E-state index in [0.717, 1.165) is 66.8 Å². The number of nitrogens with zero attached hydrogens (tertiary/aromatic N) is 1. The van der Waals surface area contributed by atoms with Crippen LogP contribution in [-0.2, 0) is 63.6 Å². The van der Waals surface area contributed by atoms with E-state index in [0.29, 0.717) is 29.4 Å². The summed E-state index contributed by atoms with van der Waals surface area (Å²) >= 11 is 0. The highest BCUT2D eigenvalue weighted by molar-refractivity contribution is 7.87. The molecular weight excluding hydrogens is 1530 g/mol. The van der Waals surface area contributed by atoms with Gasteiger partial charge in [0.1, 0.15) is 27.0 Å². The second-order valence-electron chi connectivity index (χ2n) is 35.1. The van der Waals surface area contributed by atoms with Crippen molar-refractivity contribution < 1.29 is 70.0 Å². The number of hydrogen-bond acceptors (Lipinski definition) is 17. The van der Waals surface area contributed by atoms with Gasteiger partial charge in [0.2, 0.25) is 0 Å². The zero-order chi connectivity index (χ0) is 86.0. The zero-order valence-electron chi connectivity index (χ0n) is 73.6. The Labute approximate surface area is 699 Å². The number of nitro benzene ring substituents is 1. The molecule has 0 aliphatic carbocycles. The van der Waals surface area contributed by atoms with Crippen LogP contribution in [0.25, 0.3) is 11.1 Å². The predicted octanol–water partition coefficient (Wildman–Crippen LogP) is 26.6. The molecule has 0 heterocycles. The number of benzene rings is 5. The van der Waals surface area contributed by atoms with Crippen molar-refractivity contribution >= 4 is 51.9 Å². The SMILES string of the molecule is C.CC(C)(C)OS(=O)(=O)c1ccc(-c2ccccc2)cc1.CC(C)c1cc(C(C)C)c(S(=O)(=O)OC(C)(C)C)c(C(C)C)c1.CCCCCCCCCCCCCCCCCCCc1ccc(S(=O)(=O)OC(C)(C)C)cc1[N+](=O)[O-].CCCCCCCCCCCCCCCCOc1ccc(C(=O)CO)cc1S(=O)(=O)OC(C)(C)C. The third kappa shape index (κ3) is 45.5. The summed E-state index contributed by atoms with van der Waals surface area (Å²) in [5, 5.41) is 20.7. The monoisotopic (exact) mass is 1680 g/mol. The zero-order valence-corrected chi connectivity index (χ0v) is 76.9. The summed E-state index contributed by atoms with van der Waals surface area (Å²) in [7, 11) is -15.7. The van der Waals surface area contributed by atoms with E-state index in [4.69, 9.17) is 26.6 Å². The van der Waals surface area contributed by atoms with E-state index in [1.807, 2.05) is 70.2 Å². The second kappa shape index (κ2) is 54.0. The maximum Gasteiger partial charge on any atom is 0.301 e. The third-order valence-corrected chi connectivity index (χ3v) is 24.9. The molecule has 5 rings (SSSR count). The van der Waals surface area contributed by atoms with Crippen LogP contribution < -0.4 is 4.74 Å². The first-order valence-corrected chi connectivity index (χ1v) is 48.2. The van der Waals surface area contributed by atoms with Crippen LogP contribution in [0.3, 0.4) is 0 Å². The van der Waals surface area contributed by atoms with Crippen LogP contribution in [0.4, 0.5) is 5.69 Å². The highest BCUT2D eigenvalue weighted by Crippen LogP contribution is 2.38. The maximum atomic E-state index is 13.0. The van der Waals surface area contributed by atoms with E-state index in [9.17, 15) is 48.6 Å². The van der Waals surface area contributed by atoms with Crippen molar-refractivity contribution in [2.24, 2.45) is 0 Å². The fourth-order valence-electron chi connectivity index (χ4n) is 12.8. The normalized spacial score (nSPS) is 12.3. The topological polar surface area (TPSA) is 263 Å². The minimum absolute atomic E-state index is 0. The van der Waals surface area contributed by atoms with Gasteiger partial charge in [-0.25, -0.2) is 0 Å². The van der Waals surface area contributed by atoms with E-state index < -0.39 is 80.2 Å². The summed E-state index contributed by atoms with van der Waals surface area (Å²) in [4.78, 5) is 23.1. The first kappa shape index (κ1) is 108. The number of carbonyl (C=O) groups is 1. The molecule has 115 heavy (non-hydrogen) atoms. The van der Waals surface area contributed by atoms with Crippen LogP contribution in [0.2, 0.25) is 0 Å². The number of unbranched alkanes of at least 4 members (excludes halogenated alkanes) is 29. The van der Waals surface area contributed by atoms with Gasteiger partial charge in [0.15, 0.2) is 5.78 Å². The molecule has 5 aromatic rings. The first-order chi connectivity index (χ1) is 53.2. The average Bonchev–Trinajstić information content (AvgIpc) is 0.765. The molecule has 5 aromatic carbocycles. The molecule has 0 aliphatic heterocycles. The van der Waals surface area contributed by atoms with Crippen LogP contribution in [-0.4, -0.2) is 85.1 Å². The maximum absolute atomic E-state index is 13.0. The van der Waals surface area contributed by atoms with Gasteiger partial charge < -0.3 is 9.84 Å². The Morgan fingerprint density at radius 2 is 0.757 bits per heavy atom. The predicted molar refractivity (Wildman–Crippen MR) is 474 cm³/mol. The molecular formula is C93H153NO17S4. The number of aliphatic hydroxyl groups is 1. The molecule has 0 saturated heterocycles. The van der Waals surface area contributed by atoms with Crippen molar-refractivity contribution in [2.45, 2.75) is 411 Å². The van der Waals surface area contributed by atoms with Crippen molar-refractivity contribution in [1.29, 1.82) is 0 Å². The van der Waals surface area contributed by atoms with Gasteiger partial charge >= 0.3 is 10.1 Å². The number of nitro groups is 1. The minimum atomic E-state index is -4.14. The molecule has 0 aliphatic rings. The van der Waals surface area contributed by atoms with Crippen molar-refractivity contribution in [3.63, 3.8) is 0 Å². The number of hydrogen-bond donors (Lipinski definition) is 1. The standard InChI is InChI=1S/C29H51NO5S.C28H48O6S.C19H32O3S.C16H18O3S.CH4/c1-5-6-7-8-9-10-11-12-13-14-15-16-17-18-19-20-21-22-26-23-24-27(25-28(26)30(31)32)36(33,34)35-29(2,3)4;1-5-6-7-8-9-10-11-12-13-14-15-16-17-18-21-33-26-20-19-24(25(30)23-29)22-27(26)35(31,32)34-28(2,3)4;1-12(2)15-10-16(13(3)4)18(17(11-15)14(5)6)23(20,21)22-19(7,8)9;1-16(2,3)19-20(17,18)15-11-9-14(10-12-15)13-7-5-4-6-8-13;/h23-25H,5-22H2,1-4H3;19-20,22,29H,5-18,21,23H2,1-4H3;10-14H,1-9H3;4-12H,1-3H3;1H4. The minimum Gasteiger partial charge on any atom is -0.492 e. The van der Waals surface area contributed by atoms with E-state index in [2.05, 4.69) is 27.7 Å². The summed E-state index contributed by atoms with van der Waals surface area (Å²) < 4.78 is 127. The van der Waals surface area contributed by atoms with Crippen molar-refractivity contribution in [3.05, 3.63) is 141 Å². The average molecular weight is 1690 g/mol. The van der Waals surface area contributed by atoms with Gasteiger partial charge in [-0.15, -0.1) is 0 Å². The Morgan fingerprint density at radius 3 is 1.12 bits per heavy atom. The number of aliphatic hydroxyl groups excluding tert-OH is 1. The van der Waals surface area contributed by atoms with Crippen LogP contribution >= 0.6 is 0 Å². The molecule has 0 aromatic heterocycles. The molecule has 0 bridgehead atoms. The summed E-state index contributed by atoms with van der Waals surface area (Å²) in [5.41, 5.74) is 2.11. The molecule has 656 valence electrons. The molecule has 0 radical (unpaired) electrons. The number of aryl methyl sites for hydroxylation is 1. The second-order valence-corrected chi connectivity index (χ2v) is 41.2. The van der Waals surface area contributed by atoms with Crippen molar-refractivity contribution in [2.75, 3.05) is 13.2 Å². The van der Waals surface area contributed by atoms with Gasteiger partial charge in [0.05, 0.1) is 38.8 Å². The third-order valence-electron chi connectivity index (χ3n) is 18.5. The van der Waals surface area contributed by atoms with Gasteiger partial charge in [-0.3, -0.25) is 31.6 Å². The lowest BCUT2D eigenvalue weighted by molar-refractivity contribution is -0.385. The molecule has 18 nitrogen and oxygen atoms in total. The number of rotatable bonds is 49. The van der Waals surface area contributed by atoms with Crippen LogP contribution in [0.5, 0.6) is 5.75 Å². The summed E-state index contributed by atoms with van der Waals surface area (Å²) in [5.74, 6) is 0.179. The van der Waals surface area contributed by atoms with Crippen molar-refractivity contribution in [3.8, 4) is 16.9 Å². The number of Topliss-reactive ketones (excluding diaryl/α,β-unsaturated/α-hetero) is 1. The number of carbonyl (C=O) groups excluding carboxylic acids is 1. The fourth-order valence-corrected chi connectivity index (χ4v) is 18.6. The van der Waals surface area contributed by atoms with Gasteiger partial charge in [-0.2, -0.15) is 33.7 Å². The molecule has 0 spiro atoms. The Bertz CT molecular complexity index is 4000. The Hall–Kier alpha value is -5.43. The van der Waals surface area contributed by atoms with Crippen LogP contribution in [0.1, 0.15) is 395 Å². The smallest absolute Gasteiger partial charge is 0.301 e. The lowest BCUT2D eigenvalue weighted by Gasteiger charge is -2.25. The number of ether oxygens (including phenoxy) is 1. The molecule has 0 atom stereocenters. The van der Waals surface area contributed by atoms with E-state index in [1.54, 1.807) is 113 Å². The Morgan fingerprint density at radius 1 is 0.409 bits per heavy atom. The lowest BCUT2D eigenvalue weighted by atomic mass is 9.89. The largest absolute Gasteiger partial charge is 0.492 e. The molecule has 0 saturated carbocycles. The Balaban J connectivity index is 0.000000784. The molecule has 0 unspecified atom stereocenters. The number of ketones is 1. The van der Waals surface area contributed by atoms with Gasteiger partial charge in [-0.1, -0.05) is 310 Å². The first-order valence-electron chi connectivity index (χ1n) is 42.5. The fraction of sp³-hybridized carbons (Fsp3) is 0.667. The van der Waals surface area contributed by atoms with E-state index in [1.165, 1.54) is 190 Å². The molecule has 0 fully saturated rings.